The first-order valence-corrected chi connectivity index (χ1v) is 8.65. The van der Waals surface area contributed by atoms with Gasteiger partial charge in [-0.1, -0.05) is 67.6 Å². The highest BCUT2D eigenvalue weighted by Gasteiger charge is 2.13. The normalized spacial score (nSPS) is 11.9. The maximum Gasteiger partial charge on any atom is 0.254 e. The summed E-state index contributed by atoms with van der Waals surface area (Å²) in [6, 6.07) is 20.4. The SMILES string of the molecule is CCC(CNC(=O)c1cnn(Cc2ccccc2)c1)c1ccccc1. The maximum absolute atomic E-state index is 12.4. The molecule has 0 bridgehead atoms. The number of aromatic nitrogens is 2. The Morgan fingerprint density at radius 3 is 2.44 bits per heavy atom. The highest BCUT2D eigenvalue weighted by atomic mass is 16.1. The van der Waals surface area contributed by atoms with Gasteiger partial charge in [-0.05, 0) is 17.5 Å². The van der Waals surface area contributed by atoms with E-state index in [1.165, 1.54) is 5.56 Å². The summed E-state index contributed by atoms with van der Waals surface area (Å²) in [5.74, 6) is 0.248. The molecule has 0 spiro atoms. The second kappa shape index (κ2) is 8.29. The van der Waals surface area contributed by atoms with Crippen LogP contribution in [0.25, 0.3) is 0 Å². The molecule has 3 rings (SSSR count). The Morgan fingerprint density at radius 2 is 1.76 bits per heavy atom. The number of carbonyl (C=O) groups excluding carboxylic acids is 1. The van der Waals surface area contributed by atoms with Gasteiger partial charge in [0.2, 0.25) is 0 Å². The van der Waals surface area contributed by atoms with Crippen LogP contribution in [0.3, 0.4) is 0 Å². The predicted molar refractivity (Wildman–Crippen MR) is 99.6 cm³/mol. The molecular formula is C21H23N3O. The Hall–Kier alpha value is -2.88. The van der Waals surface area contributed by atoms with Crippen molar-refractivity contribution in [2.75, 3.05) is 6.54 Å². The van der Waals surface area contributed by atoms with Crippen LogP contribution in [0, 0.1) is 0 Å². The van der Waals surface area contributed by atoms with E-state index in [9.17, 15) is 4.79 Å². The summed E-state index contributed by atoms with van der Waals surface area (Å²) in [6.07, 6.45) is 4.41. The van der Waals surface area contributed by atoms with E-state index in [0.29, 0.717) is 24.6 Å². The number of nitrogens with zero attached hydrogens (tertiary/aromatic N) is 2. The highest BCUT2D eigenvalue weighted by Crippen LogP contribution is 2.18. The first-order valence-electron chi connectivity index (χ1n) is 8.65. The molecule has 2 aromatic carbocycles. The number of carbonyl (C=O) groups is 1. The van der Waals surface area contributed by atoms with Gasteiger partial charge < -0.3 is 5.32 Å². The molecule has 4 heteroatoms. The van der Waals surface area contributed by atoms with Gasteiger partial charge in [0.15, 0.2) is 0 Å². The van der Waals surface area contributed by atoms with Crippen LogP contribution in [0.1, 0.15) is 40.7 Å². The largest absolute Gasteiger partial charge is 0.351 e. The van der Waals surface area contributed by atoms with Crippen LogP contribution in [0.2, 0.25) is 0 Å². The summed E-state index contributed by atoms with van der Waals surface area (Å²) in [7, 11) is 0. The van der Waals surface area contributed by atoms with E-state index in [2.05, 4.69) is 29.5 Å². The lowest BCUT2D eigenvalue weighted by molar-refractivity contribution is 0.0951. The molecule has 1 unspecified atom stereocenters. The molecule has 1 amide bonds. The van der Waals surface area contributed by atoms with E-state index >= 15 is 0 Å². The summed E-state index contributed by atoms with van der Waals surface area (Å²) >= 11 is 0. The predicted octanol–water partition coefficient (Wildman–Crippen LogP) is 3.86. The molecule has 0 aliphatic rings. The number of hydrogen-bond donors (Lipinski definition) is 1. The van der Waals surface area contributed by atoms with Crippen molar-refractivity contribution in [3.8, 4) is 0 Å². The lowest BCUT2D eigenvalue weighted by Crippen LogP contribution is -2.28. The number of rotatable bonds is 7. The van der Waals surface area contributed by atoms with E-state index in [0.717, 1.165) is 12.0 Å². The zero-order chi connectivity index (χ0) is 17.5. The van der Waals surface area contributed by atoms with E-state index in [1.54, 1.807) is 17.1 Å². The van der Waals surface area contributed by atoms with Crippen molar-refractivity contribution in [3.63, 3.8) is 0 Å². The molecule has 0 aliphatic carbocycles. The zero-order valence-electron chi connectivity index (χ0n) is 14.4. The van der Waals surface area contributed by atoms with Crippen molar-refractivity contribution in [2.24, 2.45) is 0 Å². The first kappa shape index (κ1) is 17.0. The molecule has 128 valence electrons. The quantitative estimate of drug-likeness (QED) is 0.714. The Kier molecular flexibility index (Phi) is 5.62. The van der Waals surface area contributed by atoms with Crippen LogP contribution < -0.4 is 5.32 Å². The second-order valence-electron chi connectivity index (χ2n) is 6.14. The van der Waals surface area contributed by atoms with Gasteiger partial charge in [-0.2, -0.15) is 5.10 Å². The van der Waals surface area contributed by atoms with Crippen molar-refractivity contribution in [1.82, 2.24) is 15.1 Å². The van der Waals surface area contributed by atoms with E-state index < -0.39 is 0 Å². The fourth-order valence-corrected chi connectivity index (χ4v) is 2.88. The third-order valence-electron chi connectivity index (χ3n) is 4.36. The van der Waals surface area contributed by atoms with E-state index in [1.807, 2.05) is 48.5 Å². The smallest absolute Gasteiger partial charge is 0.254 e. The fourth-order valence-electron chi connectivity index (χ4n) is 2.88. The first-order chi connectivity index (χ1) is 12.3. The number of benzene rings is 2. The molecule has 1 heterocycles. The average molecular weight is 333 g/mol. The average Bonchev–Trinajstić information content (AvgIpc) is 3.12. The van der Waals surface area contributed by atoms with Crippen molar-refractivity contribution >= 4 is 5.91 Å². The number of amides is 1. The minimum Gasteiger partial charge on any atom is -0.351 e. The minimum atomic E-state index is -0.0753. The summed E-state index contributed by atoms with van der Waals surface area (Å²) in [5.41, 5.74) is 3.01. The Balaban J connectivity index is 1.58. The standard InChI is InChI=1S/C21H23N3O/c1-2-18(19-11-7-4-8-12-19)13-22-21(25)20-14-23-24(16-20)15-17-9-5-3-6-10-17/h3-12,14,16,18H,2,13,15H2,1H3,(H,22,25). The molecule has 1 aromatic heterocycles. The Labute approximate surface area is 148 Å². The molecule has 0 saturated heterocycles. The van der Waals surface area contributed by atoms with Crippen LogP contribution in [0.4, 0.5) is 0 Å². The van der Waals surface area contributed by atoms with Gasteiger partial charge in [0, 0.05) is 18.7 Å². The monoisotopic (exact) mass is 333 g/mol. The molecule has 25 heavy (non-hydrogen) atoms. The van der Waals surface area contributed by atoms with Gasteiger partial charge in [-0.15, -0.1) is 0 Å². The zero-order valence-corrected chi connectivity index (χ0v) is 14.4. The Bertz CT molecular complexity index is 796. The minimum absolute atomic E-state index is 0.0753. The lowest BCUT2D eigenvalue weighted by Gasteiger charge is -2.15. The van der Waals surface area contributed by atoms with Gasteiger partial charge in [-0.25, -0.2) is 0 Å². The van der Waals surface area contributed by atoms with Crippen molar-refractivity contribution < 1.29 is 4.79 Å². The van der Waals surface area contributed by atoms with Crippen molar-refractivity contribution in [2.45, 2.75) is 25.8 Å². The van der Waals surface area contributed by atoms with Crippen LogP contribution in [-0.4, -0.2) is 22.2 Å². The molecule has 4 nitrogen and oxygen atoms in total. The second-order valence-corrected chi connectivity index (χ2v) is 6.14. The van der Waals surface area contributed by atoms with Crippen LogP contribution in [-0.2, 0) is 6.54 Å². The van der Waals surface area contributed by atoms with Gasteiger partial charge >= 0.3 is 0 Å². The fraction of sp³-hybridized carbons (Fsp3) is 0.238. The molecule has 1 atom stereocenters. The molecule has 0 radical (unpaired) electrons. The molecular weight excluding hydrogens is 310 g/mol. The summed E-state index contributed by atoms with van der Waals surface area (Å²) in [5, 5.41) is 7.33. The Morgan fingerprint density at radius 1 is 1.08 bits per heavy atom. The van der Waals surface area contributed by atoms with Crippen LogP contribution >= 0.6 is 0 Å². The van der Waals surface area contributed by atoms with Gasteiger partial charge in [0.25, 0.3) is 5.91 Å². The molecule has 0 aliphatic heterocycles. The van der Waals surface area contributed by atoms with E-state index in [4.69, 9.17) is 0 Å². The summed E-state index contributed by atoms with van der Waals surface area (Å²) in [4.78, 5) is 12.4. The number of hydrogen-bond acceptors (Lipinski definition) is 2. The molecule has 3 aromatic rings. The third kappa shape index (κ3) is 4.57. The van der Waals surface area contributed by atoms with Gasteiger partial charge in [-0.3, -0.25) is 9.48 Å². The van der Waals surface area contributed by atoms with Gasteiger partial charge in [0.1, 0.15) is 0 Å². The molecule has 1 N–H and O–H groups in total. The topological polar surface area (TPSA) is 46.9 Å². The van der Waals surface area contributed by atoms with Crippen LogP contribution in [0.15, 0.2) is 73.1 Å². The molecule has 0 saturated carbocycles. The van der Waals surface area contributed by atoms with Gasteiger partial charge in [0.05, 0.1) is 18.3 Å². The van der Waals surface area contributed by atoms with E-state index in [-0.39, 0.29) is 5.91 Å². The lowest BCUT2D eigenvalue weighted by atomic mass is 9.96. The number of nitrogens with one attached hydrogen (secondary N) is 1. The summed E-state index contributed by atoms with van der Waals surface area (Å²) < 4.78 is 1.79. The molecule has 0 fully saturated rings. The highest BCUT2D eigenvalue weighted by molar-refractivity contribution is 5.93. The summed E-state index contributed by atoms with van der Waals surface area (Å²) in [6.45, 7) is 3.43. The van der Waals surface area contributed by atoms with Crippen molar-refractivity contribution in [3.05, 3.63) is 89.7 Å². The third-order valence-corrected chi connectivity index (χ3v) is 4.36. The van der Waals surface area contributed by atoms with Crippen molar-refractivity contribution in [1.29, 1.82) is 0 Å². The maximum atomic E-state index is 12.4. The van der Waals surface area contributed by atoms with Crippen LogP contribution in [0.5, 0.6) is 0 Å².